The predicted octanol–water partition coefficient (Wildman–Crippen LogP) is 2.36. The van der Waals surface area contributed by atoms with Gasteiger partial charge in [-0.3, -0.25) is 4.79 Å². The van der Waals surface area contributed by atoms with E-state index in [4.69, 9.17) is 4.74 Å². The van der Waals surface area contributed by atoms with Crippen LogP contribution < -0.4 is 20.7 Å². The fraction of sp³-hybridized carbons (Fsp3) is 0.167. The van der Waals surface area contributed by atoms with Crippen LogP contribution in [0.1, 0.15) is 18.5 Å². The van der Waals surface area contributed by atoms with Gasteiger partial charge in [0.25, 0.3) is 5.91 Å². The van der Waals surface area contributed by atoms with E-state index in [1.54, 1.807) is 50.6 Å². The molecular formula is C18H18N4O3. The number of nitrogens with one attached hydrogen (secondary N) is 3. The van der Waals surface area contributed by atoms with Gasteiger partial charge >= 0.3 is 6.03 Å². The number of hydrogen-bond acceptors (Lipinski definition) is 4. The summed E-state index contributed by atoms with van der Waals surface area (Å²) in [5, 5.41) is 8.18. The van der Waals surface area contributed by atoms with Gasteiger partial charge in [-0.25, -0.2) is 9.78 Å². The molecule has 2 heterocycles. The predicted molar refractivity (Wildman–Crippen MR) is 93.0 cm³/mol. The second-order valence-electron chi connectivity index (χ2n) is 5.51. The Bertz CT molecular complexity index is 816. The maximum atomic E-state index is 12.8. The van der Waals surface area contributed by atoms with Gasteiger partial charge in [-0.2, -0.15) is 0 Å². The van der Waals surface area contributed by atoms with Gasteiger partial charge in [0.1, 0.15) is 11.6 Å². The fourth-order valence-electron chi connectivity index (χ4n) is 2.66. The molecule has 1 aromatic heterocycles. The Hall–Kier alpha value is -3.35. The molecule has 1 aliphatic heterocycles. The van der Waals surface area contributed by atoms with Crippen molar-refractivity contribution in [1.29, 1.82) is 0 Å². The highest BCUT2D eigenvalue weighted by atomic mass is 16.5. The number of hydrogen-bond donors (Lipinski definition) is 3. The molecule has 1 aliphatic rings. The van der Waals surface area contributed by atoms with Crippen LogP contribution in [0.3, 0.4) is 0 Å². The van der Waals surface area contributed by atoms with Crippen molar-refractivity contribution in [2.45, 2.75) is 13.0 Å². The van der Waals surface area contributed by atoms with E-state index in [0.29, 0.717) is 22.8 Å². The lowest BCUT2D eigenvalue weighted by atomic mass is 9.95. The van der Waals surface area contributed by atoms with Crippen molar-refractivity contribution in [1.82, 2.24) is 15.6 Å². The zero-order chi connectivity index (χ0) is 17.8. The van der Waals surface area contributed by atoms with Crippen LogP contribution in [-0.2, 0) is 4.79 Å². The van der Waals surface area contributed by atoms with Crippen LogP contribution in [0.4, 0.5) is 10.6 Å². The molecule has 3 N–H and O–H groups in total. The summed E-state index contributed by atoms with van der Waals surface area (Å²) in [5.74, 6) is 0.812. The number of benzene rings is 1. The smallest absolute Gasteiger partial charge is 0.319 e. The number of pyridine rings is 1. The zero-order valence-electron chi connectivity index (χ0n) is 13.9. The number of anilines is 1. The topological polar surface area (TPSA) is 92.4 Å². The van der Waals surface area contributed by atoms with Gasteiger partial charge in [-0.05, 0) is 36.8 Å². The van der Waals surface area contributed by atoms with Crippen LogP contribution in [0.5, 0.6) is 5.75 Å². The first-order valence-corrected chi connectivity index (χ1v) is 7.73. The van der Waals surface area contributed by atoms with Crippen molar-refractivity contribution in [2.24, 2.45) is 0 Å². The molecule has 3 amide bonds. The number of carbonyl (C=O) groups excluding carboxylic acids is 2. The number of carbonyl (C=O) groups is 2. The lowest BCUT2D eigenvalue weighted by Crippen LogP contribution is -2.46. The van der Waals surface area contributed by atoms with Gasteiger partial charge in [0.15, 0.2) is 0 Å². The molecule has 128 valence electrons. The molecule has 0 aliphatic carbocycles. The third-order valence-corrected chi connectivity index (χ3v) is 3.87. The molecular weight excluding hydrogens is 320 g/mol. The van der Waals surface area contributed by atoms with Crippen molar-refractivity contribution in [3.05, 3.63) is 65.5 Å². The molecule has 2 aromatic rings. The molecule has 0 bridgehead atoms. The van der Waals surface area contributed by atoms with Gasteiger partial charge in [0.05, 0.1) is 18.7 Å². The number of methoxy groups -OCH3 is 1. The van der Waals surface area contributed by atoms with Gasteiger partial charge in [-0.1, -0.05) is 18.2 Å². The van der Waals surface area contributed by atoms with Crippen LogP contribution in [0.25, 0.3) is 0 Å². The fourth-order valence-corrected chi connectivity index (χ4v) is 2.66. The number of amides is 3. The SMILES string of the molecule is COc1ccc(C2NC(=O)NC(C)=C2C(=O)Nc2ccccn2)cc1. The van der Waals surface area contributed by atoms with Crippen molar-refractivity contribution >= 4 is 17.8 Å². The average molecular weight is 338 g/mol. The largest absolute Gasteiger partial charge is 0.497 e. The van der Waals surface area contributed by atoms with E-state index < -0.39 is 6.04 Å². The third kappa shape index (κ3) is 3.60. The molecule has 0 saturated heterocycles. The van der Waals surface area contributed by atoms with E-state index in [0.717, 1.165) is 5.56 Å². The molecule has 7 nitrogen and oxygen atoms in total. The summed E-state index contributed by atoms with van der Waals surface area (Å²) in [5.41, 5.74) is 1.70. The minimum absolute atomic E-state index is 0.329. The summed E-state index contributed by atoms with van der Waals surface area (Å²) >= 11 is 0. The van der Waals surface area contributed by atoms with Crippen LogP contribution in [0, 0.1) is 0 Å². The molecule has 0 radical (unpaired) electrons. The number of aromatic nitrogens is 1. The van der Waals surface area contributed by atoms with Crippen molar-refractivity contribution in [3.8, 4) is 5.75 Å². The van der Waals surface area contributed by atoms with Gasteiger partial charge in [-0.15, -0.1) is 0 Å². The highest BCUT2D eigenvalue weighted by Gasteiger charge is 2.31. The maximum Gasteiger partial charge on any atom is 0.319 e. The number of ether oxygens (including phenoxy) is 1. The van der Waals surface area contributed by atoms with E-state index in [2.05, 4.69) is 20.9 Å². The van der Waals surface area contributed by atoms with Crippen molar-refractivity contribution < 1.29 is 14.3 Å². The standard InChI is InChI=1S/C18H18N4O3/c1-11-15(17(23)21-14-5-3-4-10-19-14)16(22-18(24)20-11)12-6-8-13(25-2)9-7-12/h3-10,16H,1-2H3,(H,19,21,23)(H2,20,22,24). The van der Waals surface area contributed by atoms with E-state index >= 15 is 0 Å². The Morgan fingerprint density at radius 2 is 1.96 bits per heavy atom. The zero-order valence-corrected chi connectivity index (χ0v) is 13.9. The summed E-state index contributed by atoms with van der Waals surface area (Å²) in [6.45, 7) is 1.70. The van der Waals surface area contributed by atoms with Gasteiger partial charge in [0.2, 0.25) is 0 Å². The Labute approximate surface area is 145 Å². The highest BCUT2D eigenvalue weighted by Crippen LogP contribution is 2.28. The monoisotopic (exact) mass is 338 g/mol. The number of allylic oxidation sites excluding steroid dienone is 1. The van der Waals surface area contributed by atoms with Crippen LogP contribution >= 0.6 is 0 Å². The molecule has 25 heavy (non-hydrogen) atoms. The Morgan fingerprint density at radius 3 is 2.60 bits per heavy atom. The van der Waals surface area contributed by atoms with Crippen molar-refractivity contribution in [2.75, 3.05) is 12.4 Å². The highest BCUT2D eigenvalue weighted by molar-refractivity contribution is 6.06. The average Bonchev–Trinajstić information content (AvgIpc) is 2.62. The maximum absolute atomic E-state index is 12.8. The summed E-state index contributed by atoms with van der Waals surface area (Å²) in [7, 11) is 1.58. The third-order valence-electron chi connectivity index (χ3n) is 3.87. The molecule has 0 fully saturated rings. The lowest BCUT2D eigenvalue weighted by Gasteiger charge is -2.28. The number of rotatable bonds is 4. The molecule has 1 aromatic carbocycles. The Morgan fingerprint density at radius 1 is 1.20 bits per heavy atom. The number of nitrogens with zero attached hydrogens (tertiary/aromatic N) is 1. The minimum atomic E-state index is -0.566. The van der Waals surface area contributed by atoms with Crippen LogP contribution in [0.2, 0.25) is 0 Å². The summed E-state index contributed by atoms with van der Waals surface area (Å²) in [4.78, 5) is 28.7. The van der Waals surface area contributed by atoms with Gasteiger partial charge < -0.3 is 20.7 Å². The molecule has 0 saturated carbocycles. The van der Waals surface area contributed by atoms with E-state index in [9.17, 15) is 9.59 Å². The first kappa shape index (κ1) is 16.5. The summed E-state index contributed by atoms with van der Waals surface area (Å²) in [6.07, 6.45) is 1.60. The van der Waals surface area contributed by atoms with Crippen molar-refractivity contribution in [3.63, 3.8) is 0 Å². The molecule has 3 rings (SSSR count). The van der Waals surface area contributed by atoms with Crippen LogP contribution in [-0.4, -0.2) is 24.0 Å². The molecule has 1 atom stereocenters. The number of urea groups is 1. The lowest BCUT2D eigenvalue weighted by molar-refractivity contribution is -0.113. The molecule has 0 spiro atoms. The molecule has 7 heteroatoms. The van der Waals surface area contributed by atoms with E-state index in [1.165, 1.54) is 0 Å². The first-order valence-electron chi connectivity index (χ1n) is 7.73. The minimum Gasteiger partial charge on any atom is -0.497 e. The second-order valence-corrected chi connectivity index (χ2v) is 5.51. The quantitative estimate of drug-likeness (QED) is 0.798. The first-order chi connectivity index (χ1) is 12.1. The van der Waals surface area contributed by atoms with Gasteiger partial charge in [0, 0.05) is 11.9 Å². The summed E-state index contributed by atoms with van der Waals surface area (Å²) in [6, 6.07) is 11.5. The normalized spacial score (nSPS) is 16.7. The summed E-state index contributed by atoms with van der Waals surface area (Å²) < 4.78 is 5.15. The van der Waals surface area contributed by atoms with E-state index in [1.807, 2.05) is 12.1 Å². The molecule has 1 unspecified atom stereocenters. The van der Waals surface area contributed by atoms with Crippen LogP contribution in [0.15, 0.2) is 59.9 Å². The Balaban J connectivity index is 1.93. The Kier molecular flexibility index (Phi) is 4.65. The van der Waals surface area contributed by atoms with E-state index in [-0.39, 0.29) is 11.9 Å². The second kappa shape index (κ2) is 7.04.